The lowest BCUT2D eigenvalue weighted by Gasteiger charge is -2.19. The second kappa shape index (κ2) is 9.22. The molecule has 2 heterocycles. The molecule has 0 fully saturated rings. The van der Waals surface area contributed by atoms with Crippen molar-refractivity contribution in [3.63, 3.8) is 0 Å². The molecule has 11 heteroatoms. The summed E-state index contributed by atoms with van der Waals surface area (Å²) in [6, 6.07) is 8.74. The van der Waals surface area contributed by atoms with E-state index in [2.05, 4.69) is 23.1 Å². The van der Waals surface area contributed by atoms with Gasteiger partial charge in [-0.3, -0.25) is 23.0 Å². The van der Waals surface area contributed by atoms with Gasteiger partial charge in [-0.05, 0) is 0 Å². The van der Waals surface area contributed by atoms with Crippen molar-refractivity contribution in [2.75, 3.05) is 13.2 Å². The molecule has 0 saturated carbocycles. The van der Waals surface area contributed by atoms with Crippen LogP contribution in [0.3, 0.4) is 0 Å². The maximum Gasteiger partial charge on any atom is 0.532 e. The van der Waals surface area contributed by atoms with E-state index < -0.39 is 19.1 Å². The molecule has 2 aromatic heterocycles. The van der Waals surface area contributed by atoms with Crippen LogP contribution in [-0.4, -0.2) is 32.3 Å². The summed E-state index contributed by atoms with van der Waals surface area (Å²) in [7, 11) is -1.38. The lowest BCUT2D eigenvalue weighted by atomic mass is 10.1. The Morgan fingerprint density at radius 3 is 2.19 bits per heavy atom. The fourth-order valence-electron chi connectivity index (χ4n) is 2.68. The van der Waals surface area contributed by atoms with E-state index in [4.69, 9.17) is 13.6 Å². The number of hydrogen-bond donors (Lipinski definition) is 0. The molecule has 31 heavy (non-hydrogen) atoms. The smallest absolute Gasteiger partial charge is 0.383 e. The van der Waals surface area contributed by atoms with Gasteiger partial charge in [-0.15, -0.1) is 13.2 Å². The number of aromatic nitrogens is 4. The lowest BCUT2D eigenvalue weighted by molar-refractivity contribution is 0.179. The predicted octanol–water partition coefficient (Wildman–Crippen LogP) is 2.59. The highest BCUT2D eigenvalue weighted by Gasteiger charge is 2.31. The number of aryl methyl sites for hydroxylation is 1. The van der Waals surface area contributed by atoms with Gasteiger partial charge in [-0.2, -0.15) is 4.98 Å². The first-order valence-electron chi connectivity index (χ1n) is 9.15. The Hall–Kier alpha value is -3.33. The van der Waals surface area contributed by atoms with Crippen molar-refractivity contribution in [2.24, 2.45) is 14.1 Å². The van der Waals surface area contributed by atoms with Gasteiger partial charge in [-0.25, -0.2) is 14.3 Å². The molecule has 0 bridgehead atoms. The van der Waals surface area contributed by atoms with E-state index in [1.807, 2.05) is 0 Å². The molecule has 0 N–H and O–H groups in total. The minimum atomic E-state index is -4.16. The molecule has 0 saturated heterocycles. The van der Waals surface area contributed by atoms with Crippen LogP contribution >= 0.6 is 7.82 Å². The average Bonchev–Trinajstić information content (AvgIpc) is 2.79. The molecule has 0 spiro atoms. The van der Waals surface area contributed by atoms with Gasteiger partial charge in [0.1, 0.15) is 5.69 Å². The quantitative estimate of drug-likeness (QED) is 0.365. The van der Waals surface area contributed by atoms with Crippen LogP contribution in [0.15, 0.2) is 65.2 Å². The third-order valence-electron chi connectivity index (χ3n) is 4.19. The minimum absolute atomic E-state index is 0.0400. The summed E-state index contributed by atoms with van der Waals surface area (Å²) in [5.41, 5.74) is -0.635. The SMILES string of the molecule is C=CCOP(=O)(OCC=C)Oc1nc2c(nc1-c1ccccc1)c(=O)n(C)c(=O)n2C. The van der Waals surface area contributed by atoms with Gasteiger partial charge in [0.2, 0.25) is 0 Å². The molecule has 0 radical (unpaired) electrons. The maximum absolute atomic E-state index is 13.1. The van der Waals surface area contributed by atoms with Crippen molar-refractivity contribution in [2.45, 2.75) is 0 Å². The fraction of sp³-hybridized carbons (Fsp3) is 0.200. The van der Waals surface area contributed by atoms with Crippen molar-refractivity contribution in [3.8, 4) is 17.1 Å². The molecule has 3 aromatic rings. The van der Waals surface area contributed by atoms with Crippen molar-refractivity contribution < 1.29 is 18.1 Å². The minimum Gasteiger partial charge on any atom is -0.383 e. The first-order valence-corrected chi connectivity index (χ1v) is 10.6. The summed E-state index contributed by atoms with van der Waals surface area (Å²) in [5, 5.41) is 0. The van der Waals surface area contributed by atoms with Gasteiger partial charge >= 0.3 is 13.5 Å². The molecule has 162 valence electrons. The second-order valence-electron chi connectivity index (χ2n) is 6.33. The van der Waals surface area contributed by atoms with E-state index in [1.54, 1.807) is 30.3 Å². The summed E-state index contributed by atoms with van der Waals surface area (Å²) < 4.78 is 31.2. The number of fused-ring (bicyclic) bond motifs is 1. The van der Waals surface area contributed by atoms with Crippen molar-refractivity contribution >= 4 is 19.0 Å². The molecule has 0 amide bonds. The Bertz CT molecular complexity index is 1280. The monoisotopic (exact) mass is 444 g/mol. The number of nitrogens with zero attached hydrogens (tertiary/aromatic N) is 4. The summed E-state index contributed by atoms with van der Waals surface area (Å²) in [5.74, 6) is -0.224. The number of hydrogen-bond acceptors (Lipinski definition) is 8. The molecule has 0 aliphatic heterocycles. The van der Waals surface area contributed by atoms with Crippen molar-refractivity contribution in [3.05, 3.63) is 76.5 Å². The molecule has 10 nitrogen and oxygen atoms in total. The summed E-state index contributed by atoms with van der Waals surface area (Å²) in [4.78, 5) is 33.7. The van der Waals surface area contributed by atoms with Crippen LogP contribution in [0.2, 0.25) is 0 Å². The van der Waals surface area contributed by atoms with Crippen molar-refractivity contribution in [1.82, 2.24) is 19.1 Å². The van der Waals surface area contributed by atoms with Gasteiger partial charge in [0.15, 0.2) is 11.2 Å². The Balaban J connectivity index is 2.28. The van der Waals surface area contributed by atoms with Crippen LogP contribution < -0.4 is 15.8 Å². The highest BCUT2D eigenvalue weighted by molar-refractivity contribution is 7.48. The van der Waals surface area contributed by atoms with Gasteiger partial charge in [-0.1, -0.05) is 42.5 Å². The summed E-state index contributed by atoms with van der Waals surface area (Å²) in [6.45, 7) is 6.80. The van der Waals surface area contributed by atoms with Crippen LogP contribution in [0.1, 0.15) is 0 Å². The maximum atomic E-state index is 13.1. The van der Waals surface area contributed by atoms with Crippen molar-refractivity contribution in [1.29, 1.82) is 0 Å². The molecule has 0 unspecified atom stereocenters. The second-order valence-corrected chi connectivity index (χ2v) is 7.92. The van der Waals surface area contributed by atoms with E-state index in [0.717, 1.165) is 9.13 Å². The molecular weight excluding hydrogens is 423 g/mol. The number of phosphoric acid groups is 1. The van der Waals surface area contributed by atoms with E-state index in [9.17, 15) is 14.2 Å². The summed E-state index contributed by atoms with van der Waals surface area (Å²) >= 11 is 0. The van der Waals surface area contributed by atoms with Crippen LogP contribution in [0.5, 0.6) is 5.88 Å². The van der Waals surface area contributed by atoms with Gasteiger partial charge < -0.3 is 4.52 Å². The van der Waals surface area contributed by atoms with Crippen LogP contribution in [-0.2, 0) is 27.7 Å². The highest BCUT2D eigenvalue weighted by Crippen LogP contribution is 2.50. The Morgan fingerprint density at radius 2 is 1.61 bits per heavy atom. The third kappa shape index (κ3) is 4.56. The Kier molecular flexibility index (Phi) is 6.65. The largest absolute Gasteiger partial charge is 0.532 e. The van der Waals surface area contributed by atoms with E-state index >= 15 is 0 Å². The van der Waals surface area contributed by atoms with Gasteiger partial charge in [0.25, 0.3) is 11.4 Å². The molecular formula is C20H21N4O6P. The zero-order chi connectivity index (χ0) is 22.6. The van der Waals surface area contributed by atoms with Crippen LogP contribution in [0.4, 0.5) is 0 Å². The first-order chi connectivity index (χ1) is 14.8. The van der Waals surface area contributed by atoms with Crippen LogP contribution in [0, 0.1) is 0 Å². The zero-order valence-corrected chi connectivity index (χ0v) is 17.9. The Morgan fingerprint density at radius 1 is 1.00 bits per heavy atom. The number of benzene rings is 1. The summed E-state index contributed by atoms with van der Waals surface area (Å²) in [6.07, 6.45) is 2.76. The fourth-order valence-corrected chi connectivity index (χ4v) is 3.78. The molecule has 0 aliphatic rings. The zero-order valence-electron chi connectivity index (χ0n) is 17.1. The van der Waals surface area contributed by atoms with Gasteiger partial charge in [0, 0.05) is 19.7 Å². The number of phosphoric ester groups is 1. The van der Waals surface area contributed by atoms with E-state index in [0.29, 0.717) is 5.56 Å². The molecule has 3 rings (SSSR count). The van der Waals surface area contributed by atoms with Crippen LogP contribution in [0.25, 0.3) is 22.4 Å². The normalized spacial score (nSPS) is 11.4. The molecule has 0 aliphatic carbocycles. The molecule has 1 aromatic carbocycles. The predicted molar refractivity (Wildman–Crippen MR) is 116 cm³/mol. The van der Waals surface area contributed by atoms with E-state index in [-0.39, 0.29) is 36.0 Å². The third-order valence-corrected chi connectivity index (χ3v) is 5.52. The van der Waals surface area contributed by atoms with Gasteiger partial charge in [0.05, 0.1) is 13.2 Å². The highest BCUT2D eigenvalue weighted by atomic mass is 31.2. The van der Waals surface area contributed by atoms with E-state index in [1.165, 1.54) is 26.2 Å². The molecule has 0 atom stereocenters. The topological polar surface area (TPSA) is 115 Å². The standard InChI is InChI=1S/C20H21N4O6P/c1-5-12-28-31(27,29-13-6-2)30-18-15(14-10-8-7-9-11-14)21-16-17(22-18)23(3)20(26)24(4)19(16)25/h5-11H,1-2,12-13H2,3-4H3. The first kappa shape index (κ1) is 22.4. The average molecular weight is 444 g/mol. The lowest BCUT2D eigenvalue weighted by Crippen LogP contribution is -2.37. The Labute approximate surface area is 177 Å². The number of rotatable bonds is 9.